The van der Waals surface area contributed by atoms with Gasteiger partial charge in [0.2, 0.25) is 0 Å². The van der Waals surface area contributed by atoms with Gasteiger partial charge in [-0.25, -0.2) is 4.79 Å². The number of primary amides is 1. The maximum absolute atomic E-state index is 11.3. The molecule has 1 aromatic carbocycles. The Kier molecular flexibility index (Phi) is 3.96. The lowest BCUT2D eigenvalue weighted by Crippen LogP contribution is -2.37. The summed E-state index contributed by atoms with van der Waals surface area (Å²) in [5, 5.41) is 9.29. The maximum atomic E-state index is 11.3. The van der Waals surface area contributed by atoms with E-state index in [0.29, 0.717) is 10.7 Å². The van der Waals surface area contributed by atoms with Crippen molar-refractivity contribution in [3.8, 4) is 0 Å². The number of nitrogens with two attached hydrogens (primary N) is 1. The lowest BCUT2D eigenvalue weighted by molar-refractivity contribution is -0.138. The summed E-state index contributed by atoms with van der Waals surface area (Å²) in [6.45, 7) is 1.52. The third kappa shape index (κ3) is 2.88. The van der Waals surface area contributed by atoms with Gasteiger partial charge in [0.1, 0.15) is 6.04 Å². The highest BCUT2D eigenvalue weighted by molar-refractivity contribution is 6.31. The Morgan fingerprint density at radius 3 is 2.53 bits per heavy atom. The van der Waals surface area contributed by atoms with Crippen molar-refractivity contribution in [2.24, 2.45) is 5.73 Å². The fraction of sp³-hybridized carbons (Fsp3) is 0.273. The van der Waals surface area contributed by atoms with Gasteiger partial charge in [-0.15, -0.1) is 0 Å². The van der Waals surface area contributed by atoms with Gasteiger partial charge in [0.15, 0.2) is 0 Å². The van der Waals surface area contributed by atoms with Gasteiger partial charge in [0.05, 0.1) is 11.3 Å². The van der Waals surface area contributed by atoms with E-state index >= 15 is 0 Å². The first kappa shape index (κ1) is 13.3. The molecule has 92 valence electrons. The molecule has 17 heavy (non-hydrogen) atoms. The van der Waals surface area contributed by atoms with E-state index in [4.69, 9.17) is 22.4 Å². The van der Waals surface area contributed by atoms with Crippen molar-refractivity contribution in [2.45, 2.75) is 13.0 Å². The Labute approximate surface area is 104 Å². The number of amides is 1. The number of halogens is 1. The number of likely N-dealkylation sites (N-methyl/N-ethyl adjacent to an activating group) is 1. The van der Waals surface area contributed by atoms with Crippen LogP contribution >= 0.6 is 11.6 Å². The van der Waals surface area contributed by atoms with Crippen LogP contribution in [0.15, 0.2) is 18.2 Å². The summed E-state index contributed by atoms with van der Waals surface area (Å²) in [5.41, 5.74) is 5.87. The van der Waals surface area contributed by atoms with E-state index in [2.05, 4.69) is 0 Å². The van der Waals surface area contributed by atoms with E-state index in [1.165, 1.54) is 17.9 Å². The number of carboxylic acids is 1. The van der Waals surface area contributed by atoms with Crippen LogP contribution in [0.5, 0.6) is 0 Å². The number of hydrogen-bond acceptors (Lipinski definition) is 3. The summed E-state index contributed by atoms with van der Waals surface area (Å²) in [4.78, 5) is 23.6. The molecule has 0 saturated carbocycles. The van der Waals surface area contributed by atoms with Gasteiger partial charge in [-0.3, -0.25) is 4.79 Å². The molecule has 0 spiro atoms. The molecule has 6 heteroatoms. The summed E-state index contributed by atoms with van der Waals surface area (Å²) in [5.74, 6) is -1.63. The molecule has 0 heterocycles. The highest BCUT2D eigenvalue weighted by Crippen LogP contribution is 2.24. The molecule has 0 bridgehead atoms. The van der Waals surface area contributed by atoms with Gasteiger partial charge < -0.3 is 15.7 Å². The van der Waals surface area contributed by atoms with Gasteiger partial charge in [-0.2, -0.15) is 0 Å². The molecule has 1 amide bonds. The average Bonchev–Trinajstić information content (AvgIpc) is 2.26. The summed E-state index contributed by atoms with van der Waals surface area (Å²) in [6.07, 6.45) is 0. The second-order valence-electron chi connectivity index (χ2n) is 3.65. The predicted molar refractivity (Wildman–Crippen MR) is 65.5 cm³/mol. The number of nitrogens with zero attached hydrogens (tertiary/aromatic N) is 1. The van der Waals surface area contributed by atoms with Crippen LogP contribution in [0, 0.1) is 0 Å². The van der Waals surface area contributed by atoms with Gasteiger partial charge in [-0.1, -0.05) is 11.6 Å². The number of benzene rings is 1. The molecule has 1 aromatic rings. The molecule has 0 radical (unpaired) electrons. The first-order chi connectivity index (χ1) is 7.84. The largest absolute Gasteiger partial charge is 0.480 e. The zero-order valence-electron chi connectivity index (χ0n) is 9.48. The van der Waals surface area contributed by atoms with Crippen LogP contribution in [0.3, 0.4) is 0 Å². The number of anilines is 1. The Bertz CT molecular complexity index is 462. The summed E-state index contributed by atoms with van der Waals surface area (Å²) in [7, 11) is 1.58. The van der Waals surface area contributed by atoms with E-state index < -0.39 is 17.9 Å². The Hall–Kier alpha value is -1.75. The van der Waals surface area contributed by atoms with Gasteiger partial charge in [-0.05, 0) is 25.1 Å². The van der Waals surface area contributed by atoms with Crippen molar-refractivity contribution in [3.63, 3.8) is 0 Å². The van der Waals surface area contributed by atoms with Crippen molar-refractivity contribution in [3.05, 3.63) is 28.8 Å². The molecule has 1 unspecified atom stereocenters. The van der Waals surface area contributed by atoms with E-state index in [0.717, 1.165) is 0 Å². The van der Waals surface area contributed by atoms with Gasteiger partial charge >= 0.3 is 5.97 Å². The highest BCUT2D eigenvalue weighted by Gasteiger charge is 2.21. The molecular weight excluding hydrogens is 244 g/mol. The third-order valence-electron chi connectivity index (χ3n) is 2.54. The van der Waals surface area contributed by atoms with Crippen molar-refractivity contribution in [2.75, 3.05) is 11.9 Å². The quantitative estimate of drug-likeness (QED) is 0.852. The second-order valence-corrected chi connectivity index (χ2v) is 4.09. The summed E-state index contributed by atoms with van der Waals surface area (Å²) >= 11 is 5.77. The van der Waals surface area contributed by atoms with Crippen molar-refractivity contribution < 1.29 is 14.7 Å². The van der Waals surface area contributed by atoms with Crippen LogP contribution in [0.1, 0.15) is 17.3 Å². The Morgan fingerprint density at radius 2 is 2.06 bits per heavy atom. The minimum absolute atomic E-state index is 0.202. The lowest BCUT2D eigenvalue weighted by Gasteiger charge is -2.25. The lowest BCUT2D eigenvalue weighted by atomic mass is 10.1. The molecule has 1 rings (SSSR count). The molecule has 0 saturated heterocycles. The number of carbonyl (C=O) groups excluding carboxylic acids is 1. The number of carbonyl (C=O) groups is 2. The maximum Gasteiger partial charge on any atom is 0.326 e. The average molecular weight is 257 g/mol. The zero-order chi connectivity index (χ0) is 13.2. The minimum atomic E-state index is -0.988. The minimum Gasteiger partial charge on any atom is -0.480 e. The summed E-state index contributed by atoms with van der Waals surface area (Å²) < 4.78 is 0. The van der Waals surface area contributed by atoms with Crippen LogP contribution < -0.4 is 10.6 Å². The molecule has 1 atom stereocenters. The van der Waals surface area contributed by atoms with Crippen molar-refractivity contribution >= 4 is 29.2 Å². The normalized spacial score (nSPS) is 11.9. The molecular formula is C11H13ClN2O3. The van der Waals surface area contributed by atoms with E-state index in [9.17, 15) is 9.59 Å². The molecule has 5 nitrogen and oxygen atoms in total. The number of hydrogen-bond donors (Lipinski definition) is 2. The first-order valence-corrected chi connectivity index (χ1v) is 5.27. The van der Waals surface area contributed by atoms with Crippen LogP contribution in [0.4, 0.5) is 5.69 Å². The van der Waals surface area contributed by atoms with Crippen LogP contribution in [0.2, 0.25) is 5.02 Å². The molecule has 0 aliphatic heterocycles. The predicted octanol–water partition coefficient (Wildman–Crippen LogP) is 1.35. The zero-order valence-corrected chi connectivity index (χ0v) is 10.2. The van der Waals surface area contributed by atoms with E-state index in [1.807, 2.05) is 0 Å². The first-order valence-electron chi connectivity index (χ1n) is 4.89. The van der Waals surface area contributed by atoms with Gasteiger partial charge in [0.25, 0.3) is 5.91 Å². The molecule has 0 aliphatic carbocycles. The number of carboxylic acid groups (broad SMARTS) is 1. The fourth-order valence-electron chi connectivity index (χ4n) is 1.39. The van der Waals surface area contributed by atoms with Crippen LogP contribution in [0.25, 0.3) is 0 Å². The summed E-state index contributed by atoms with van der Waals surface area (Å²) in [6, 6.07) is 3.80. The molecule has 0 aliphatic rings. The molecule has 0 aromatic heterocycles. The van der Waals surface area contributed by atoms with Crippen LogP contribution in [-0.2, 0) is 4.79 Å². The van der Waals surface area contributed by atoms with Crippen molar-refractivity contribution in [1.82, 2.24) is 0 Å². The standard InChI is InChI=1S/C11H13ClN2O3/c1-6(11(16)17)14(2)9-4-3-7(12)5-8(9)10(13)15/h3-6H,1-2H3,(H2,13,15)(H,16,17). The second kappa shape index (κ2) is 5.05. The highest BCUT2D eigenvalue weighted by atomic mass is 35.5. The Morgan fingerprint density at radius 1 is 1.47 bits per heavy atom. The van der Waals surface area contributed by atoms with Gasteiger partial charge in [0, 0.05) is 12.1 Å². The number of rotatable bonds is 4. The topological polar surface area (TPSA) is 83.6 Å². The van der Waals surface area contributed by atoms with E-state index in [1.54, 1.807) is 19.2 Å². The number of aliphatic carboxylic acids is 1. The third-order valence-corrected chi connectivity index (χ3v) is 2.78. The van der Waals surface area contributed by atoms with Crippen LogP contribution in [-0.4, -0.2) is 30.1 Å². The fourth-order valence-corrected chi connectivity index (χ4v) is 1.56. The monoisotopic (exact) mass is 256 g/mol. The Balaban J connectivity index is 3.21. The van der Waals surface area contributed by atoms with Crippen molar-refractivity contribution in [1.29, 1.82) is 0 Å². The smallest absolute Gasteiger partial charge is 0.326 e. The molecule has 3 N–H and O–H groups in total. The SMILES string of the molecule is CC(C(=O)O)N(C)c1ccc(Cl)cc1C(N)=O. The molecule has 0 fully saturated rings. The van der Waals surface area contributed by atoms with E-state index in [-0.39, 0.29) is 5.56 Å².